The van der Waals surface area contributed by atoms with E-state index in [-0.39, 0.29) is 5.91 Å². The predicted molar refractivity (Wildman–Crippen MR) is 102 cm³/mol. The number of aliphatic hydroxyl groups excluding tert-OH is 1. The van der Waals surface area contributed by atoms with Crippen LogP contribution in [0.2, 0.25) is 0 Å². The standard InChI is InChI=1S/C22H21NO3/c1-15(2)20-21(19(24)14-9-16-7-5-4-6-8-16)23(22(20)25)17-10-12-18(26-3)13-11-17/h4-8,10-13,19,21,24H,1-3H3/t19-,21-/m0/s1. The van der Waals surface area contributed by atoms with Crippen LogP contribution in [-0.4, -0.2) is 30.3 Å². The molecule has 1 fully saturated rings. The van der Waals surface area contributed by atoms with E-state index in [0.717, 1.165) is 11.1 Å². The van der Waals surface area contributed by atoms with Gasteiger partial charge in [0.2, 0.25) is 0 Å². The van der Waals surface area contributed by atoms with Crippen LogP contribution in [0.4, 0.5) is 5.69 Å². The van der Waals surface area contributed by atoms with Crippen molar-refractivity contribution >= 4 is 11.6 Å². The summed E-state index contributed by atoms with van der Waals surface area (Å²) in [6.45, 7) is 3.76. The number of allylic oxidation sites excluding steroid dienone is 1. The number of methoxy groups -OCH3 is 1. The monoisotopic (exact) mass is 347 g/mol. The van der Waals surface area contributed by atoms with Crippen LogP contribution < -0.4 is 9.64 Å². The van der Waals surface area contributed by atoms with Crippen LogP contribution in [0.3, 0.4) is 0 Å². The zero-order valence-corrected chi connectivity index (χ0v) is 15.1. The summed E-state index contributed by atoms with van der Waals surface area (Å²) in [5.74, 6) is 6.48. The molecule has 2 aromatic carbocycles. The van der Waals surface area contributed by atoms with Crippen LogP contribution in [0, 0.1) is 11.8 Å². The molecule has 2 aromatic rings. The smallest absolute Gasteiger partial charge is 0.257 e. The van der Waals surface area contributed by atoms with Gasteiger partial charge in [0.25, 0.3) is 5.91 Å². The molecule has 0 radical (unpaired) electrons. The maximum Gasteiger partial charge on any atom is 0.257 e. The lowest BCUT2D eigenvalue weighted by Gasteiger charge is -2.44. The van der Waals surface area contributed by atoms with Gasteiger partial charge in [-0.2, -0.15) is 0 Å². The van der Waals surface area contributed by atoms with Gasteiger partial charge in [-0.25, -0.2) is 0 Å². The first-order valence-corrected chi connectivity index (χ1v) is 8.42. The van der Waals surface area contributed by atoms with Gasteiger partial charge in [-0.05, 0) is 50.2 Å². The Kier molecular flexibility index (Phi) is 5.11. The van der Waals surface area contributed by atoms with Crippen molar-refractivity contribution in [2.45, 2.75) is 26.0 Å². The highest BCUT2D eigenvalue weighted by molar-refractivity contribution is 6.16. The van der Waals surface area contributed by atoms with Crippen LogP contribution in [0.1, 0.15) is 19.4 Å². The molecule has 1 aliphatic heterocycles. The van der Waals surface area contributed by atoms with Gasteiger partial charge in [-0.3, -0.25) is 9.69 Å². The van der Waals surface area contributed by atoms with Gasteiger partial charge in [0.1, 0.15) is 17.9 Å². The molecule has 0 bridgehead atoms. The molecule has 3 rings (SSSR count). The number of nitrogens with zero attached hydrogens (tertiary/aromatic N) is 1. The molecule has 4 nitrogen and oxygen atoms in total. The predicted octanol–water partition coefficient (Wildman–Crippen LogP) is 3.16. The van der Waals surface area contributed by atoms with E-state index in [9.17, 15) is 9.90 Å². The molecule has 4 heteroatoms. The lowest BCUT2D eigenvalue weighted by molar-refractivity contribution is -0.120. The van der Waals surface area contributed by atoms with Crippen molar-refractivity contribution < 1.29 is 14.6 Å². The molecule has 1 saturated heterocycles. The zero-order valence-electron chi connectivity index (χ0n) is 15.1. The van der Waals surface area contributed by atoms with Crippen molar-refractivity contribution in [3.05, 3.63) is 71.3 Å². The summed E-state index contributed by atoms with van der Waals surface area (Å²) in [6, 6.07) is 16.2. The van der Waals surface area contributed by atoms with Crippen LogP contribution in [0.25, 0.3) is 0 Å². The summed E-state index contributed by atoms with van der Waals surface area (Å²) in [4.78, 5) is 14.2. The normalized spacial score (nSPS) is 17.1. The second-order valence-electron chi connectivity index (χ2n) is 6.31. The SMILES string of the molecule is COc1ccc(N2C(=O)C(=C(C)C)[C@@H]2[C@@H](O)C#Cc2ccccc2)cc1. The Morgan fingerprint density at radius 2 is 1.77 bits per heavy atom. The fourth-order valence-corrected chi connectivity index (χ4v) is 3.03. The van der Waals surface area contributed by atoms with Crippen LogP contribution in [0.15, 0.2) is 65.7 Å². The topological polar surface area (TPSA) is 49.8 Å². The van der Waals surface area contributed by atoms with E-state index < -0.39 is 12.1 Å². The summed E-state index contributed by atoms with van der Waals surface area (Å²) in [5, 5.41) is 10.7. The lowest BCUT2D eigenvalue weighted by atomic mass is 9.86. The molecule has 0 unspecified atom stereocenters. The van der Waals surface area contributed by atoms with E-state index in [4.69, 9.17) is 4.74 Å². The van der Waals surface area contributed by atoms with E-state index in [1.165, 1.54) is 0 Å². The molecule has 1 aliphatic rings. The first kappa shape index (κ1) is 17.8. The minimum absolute atomic E-state index is 0.0965. The molecule has 26 heavy (non-hydrogen) atoms. The van der Waals surface area contributed by atoms with Crippen molar-refractivity contribution in [3.63, 3.8) is 0 Å². The number of aliphatic hydroxyl groups is 1. The van der Waals surface area contributed by atoms with Gasteiger partial charge in [0, 0.05) is 16.8 Å². The summed E-state index contributed by atoms with van der Waals surface area (Å²) < 4.78 is 5.16. The van der Waals surface area contributed by atoms with Gasteiger partial charge in [0.05, 0.1) is 7.11 Å². The third-order valence-corrected chi connectivity index (χ3v) is 4.35. The van der Waals surface area contributed by atoms with E-state index >= 15 is 0 Å². The Bertz CT molecular complexity index is 884. The van der Waals surface area contributed by atoms with E-state index in [2.05, 4.69) is 11.8 Å². The maximum atomic E-state index is 12.6. The number of carbonyl (C=O) groups excluding carboxylic acids is 1. The number of ether oxygens (including phenoxy) is 1. The number of amides is 1. The van der Waals surface area contributed by atoms with E-state index in [0.29, 0.717) is 17.0 Å². The van der Waals surface area contributed by atoms with Gasteiger partial charge >= 0.3 is 0 Å². The molecule has 0 aromatic heterocycles. The largest absolute Gasteiger partial charge is 0.497 e. The lowest BCUT2D eigenvalue weighted by Crippen LogP contribution is -2.61. The van der Waals surface area contributed by atoms with Gasteiger partial charge in [-0.15, -0.1) is 0 Å². The fourth-order valence-electron chi connectivity index (χ4n) is 3.03. The molecule has 0 saturated carbocycles. The van der Waals surface area contributed by atoms with Crippen LogP contribution in [-0.2, 0) is 4.79 Å². The van der Waals surface area contributed by atoms with Crippen LogP contribution in [0.5, 0.6) is 5.75 Å². The average molecular weight is 347 g/mol. The van der Waals surface area contributed by atoms with Crippen molar-refractivity contribution in [3.8, 4) is 17.6 Å². The molecular weight excluding hydrogens is 326 g/mol. The minimum atomic E-state index is -0.972. The summed E-state index contributed by atoms with van der Waals surface area (Å²) in [5.41, 5.74) is 3.05. The number of benzene rings is 2. The Hall–Kier alpha value is -3.03. The third-order valence-electron chi connectivity index (χ3n) is 4.35. The summed E-state index contributed by atoms with van der Waals surface area (Å²) in [7, 11) is 1.59. The second-order valence-corrected chi connectivity index (χ2v) is 6.31. The number of hydrogen-bond acceptors (Lipinski definition) is 3. The number of hydrogen-bond donors (Lipinski definition) is 1. The minimum Gasteiger partial charge on any atom is -0.497 e. The average Bonchev–Trinajstić information content (AvgIpc) is 2.65. The highest BCUT2D eigenvalue weighted by Gasteiger charge is 2.47. The number of β-lactam (4-membered cyclic amide) rings is 1. The summed E-state index contributed by atoms with van der Waals surface area (Å²) >= 11 is 0. The Labute approximate surface area is 153 Å². The Morgan fingerprint density at radius 3 is 2.35 bits per heavy atom. The number of carbonyl (C=O) groups is 1. The maximum absolute atomic E-state index is 12.6. The summed E-state index contributed by atoms with van der Waals surface area (Å²) in [6.07, 6.45) is -0.972. The zero-order chi connectivity index (χ0) is 18.7. The number of rotatable bonds is 3. The van der Waals surface area contributed by atoms with Crippen molar-refractivity contribution in [2.75, 3.05) is 12.0 Å². The van der Waals surface area contributed by atoms with Gasteiger partial charge in [-0.1, -0.05) is 35.6 Å². The molecule has 0 aliphatic carbocycles. The highest BCUT2D eigenvalue weighted by atomic mass is 16.5. The highest BCUT2D eigenvalue weighted by Crippen LogP contribution is 2.36. The molecule has 1 heterocycles. The quantitative estimate of drug-likeness (QED) is 0.527. The molecule has 2 atom stereocenters. The fraction of sp³-hybridized carbons (Fsp3) is 0.227. The molecule has 0 spiro atoms. The third kappa shape index (κ3) is 3.35. The van der Waals surface area contributed by atoms with Crippen LogP contribution >= 0.6 is 0 Å². The molecule has 132 valence electrons. The van der Waals surface area contributed by atoms with E-state index in [1.54, 1.807) is 24.1 Å². The second kappa shape index (κ2) is 7.47. The van der Waals surface area contributed by atoms with Gasteiger partial charge < -0.3 is 9.84 Å². The first-order valence-electron chi connectivity index (χ1n) is 8.42. The van der Waals surface area contributed by atoms with Crippen molar-refractivity contribution in [2.24, 2.45) is 0 Å². The molecule has 1 N–H and O–H groups in total. The van der Waals surface area contributed by atoms with Crippen molar-refractivity contribution in [1.82, 2.24) is 0 Å². The molecule has 1 amide bonds. The first-order chi connectivity index (χ1) is 12.5. The van der Waals surface area contributed by atoms with E-state index in [1.807, 2.05) is 56.3 Å². The molecular formula is C22H21NO3. The number of anilines is 1. The Balaban J connectivity index is 1.91. The van der Waals surface area contributed by atoms with Crippen molar-refractivity contribution in [1.29, 1.82) is 0 Å². The van der Waals surface area contributed by atoms with Gasteiger partial charge in [0.15, 0.2) is 0 Å². The Morgan fingerprint density at radius 1 is 1.12 bits per heavy atom.